The van der Waals surface area contributed by atoms with Gasteiger partial charge in [-0.2, -0.15) is 13.2 Å². The standard InChI is InChI=1S/C22H24F3NO4/c1-14-9-16(10-15(2)20(14)28-3)21(27)26-7-8-29-19(12-26)13-30-18-6-4-5-17(11-18)22(23,24)25/h4-6,9-11,19H,7-8,12-13H2,1-3H3. The van der Waals surface area contributed by atoms with Crippen LogP contribution in [-0.4, -0.2) is 50.3 Å². The number of amides is 1. The van der Waals surface area contributed by atoms with Gasteiger partial charge in [0.15, 0.2) is 0 Å². The second kappa shape index (κ2) is 8.95. The maximum Gasteiger partial charge on any atom is 0.416 e. The predicted octanol–water partition coefficient (Wildman–Crippen LogP) is 4.25. The van der Waals surface area contributed by atoms with Crippen molar-refractivity contribution in [3.63, 3.8) is 0 Å². The molecule has 1 aliphatic heterocycles. The van der Waals surface area contributed by atoms with Crippen molar-refractivity contribution in [1.29, 1.82) is 0 Å². The molecule has 8 heteroatoms. The molecule has 1 fully saturated rings. The number of benzene rings is 2. The summed E-state index contributed by atoms with van der Waals surface area (Å²) in [5, 5.41) is 0. The van der Waals surface area contributed by atoms with E-state index in [4.69, 9.17) is 14.2 Å². The molecular formula is C22H24F3NO4. The van der Waals surface area contributed by atoms with Gasteiger partial charge in [-0.3, -0.25) is 4.79 Å². The first kappa shape index (κ1) is 22.0. The first-order valence-corrected chi connectivity index (χ1v) is 9.55. The van der Waals surface area contributed by atoms with Crippen LogP contribution in [0.3, 0.4) is 0 Å². The van der Waals surface area contributed by atoms with Gasteiger partial charge in [-0.05, 0) is 55.3 Å². The van der Waals surface area contributed by atoms with Gasteiger partial charge in [-0.1, -0.05) is 6.07 Å². The van der Waals surface area contributed by atoms with E-state index in [2.05, 4.69) is 0 Å². The molecule has 1 atom stereocenters. The molecule has 0 saturated carbocycles. The monoisotopic (exact) mass is 423 g/mol. The van der Waals surface area contributed by atoms with E-state index in [0.717, 1.165) is 29.0 Å². The molecule has 1 aliphatic rings. The highest BCUT2D eigenvalue weighted by Crippen LogP contribution is 2.31. The second-order valence-electron chi connectivity index (χ2n) is 7.22. The lowest BCUT2D eigenvalue weighted by Gasteiger charge is -2.33. The third kappa shape index (κ3) is 5.05. The fourth-order valence-electron chi connectivity index (χ4n) is 3.53. The summed E-state index contributed by atoms with van der Waals surface area (Å²) < 4.78 is 55.0. The van der Waals surface area contributed by atoms with Crippen molar-refractivity contribution in [2.45, 2.75) is 26.1 Å². The lowest BCUT2D eigenvalue weighted by Crippen LogP contribution is -2.47. The lowest BCUT2D eigenvalue weighted by molar-refractivity contribution is -0.137. The molecule has 1 amide bonds. The molecule has 1 heterocycles. The SMILES string of the molecule is COc1c(C)cc(C(=O)N2CCOC(COc3cccc(C(F)(F)F)c3)C2)cc1C. The minimum atomic E-state index is -4.43. The second-order valence-corrected chi connectivity index (χ2v) is 7.22. The van der Waals surface area contributed by atoms with Crippen molar-refractivity contribution in [2.24, 2.45) is 0 Å². The fourth-order valence-corrected chi connectivity index (χ4v) is 3.53. The van der Waals surface area contributed by atoms with Gasteiger partial charge in [0.25, 0.3) is 5.91 Å². The maximum absolute atomic E-state index is 12.9. The average Bonchev–Trinajstić information content (AvgIpc) is 2.71. The van der Waals surface area contributed by atoms with Gasteiger partial charge in [0, 0.05) is 12.1 Å². The van der Waals surface area contributed by atoms with Crippen LogP contribution in [0.25, 0.3) is 0 Å². The van der Waals surface area contributed by atoms with Crippen molar-refractivity contribution in [2.75, 3.05) is 33.4 Å². The number of morpholine rings is 1. The summed E-state index contributed by atoms with van der Waals surface area (Å²) in [5.41, 5.74) is 1.54. The van der Waals surface area contributed by atoms with Crippen LogP contribution in [0.15, 0.2) is 36.4 Å². The summed E-state index contributed by atoms with van der Waals surface area (Å²) in [5.74, 6) is 0.732. The zero-order valence-electron chi connectivity index (χ0n) is 17.1. The van der Waals surface area contributed by atoms with Crippen molar-refractivity contribution >= 4 is 5.91 Å². The Labute approximate surface area is 173 Å². The minimum absolute atomic E-state index is 0.0474. The largest absolute Gasteiger partial charge is 0.496 e. The number of methoxy groups -OCH3 is 1. The van der Waals surface area contributed by atoms with Gasteiger partial charge >= 0.3 is 6.18 Å². The quantitative estimate of drug-likeness (QED) is 0.722. The molecule has 0 aromatic heterocycles. The van der Waals surface area contributed by atoms with Gasteiger partial charge in [0.2, 0.25) is 0 Å². The Balaban J connectivity index is 1.64. The third-order valence-corrected chi connectivity index (χ3v) is 4.93. The Bertz CT molecular complexity index is 890. The van der Waals surface area contributed by atoms with Gasteiger partial charge in [0.05, 0.1) is 25.8 Å². The van der Waals surface area contributed by atoms with Crippen molar-refractivity contribution in [1.82, 2.24) is 4.90 Å². The number of carbonyl (C=O) groups is 1. The van der Waals surface area contributed by atoms with Gasteiger partial charge < -0.3 is 19.1 Å². The molecule has 0 radical (unpaired) electrons. The summed E-state index contributed by atoms with van der Waals surface area (Å²) in [6.07, 6.45) is -4.86. The van der Waals surface area contributed by atoms with Crippen molar-refractivity contribution in [3.05, 3.63) is 58.7 Å². The fraction of sp³-hybridized carbons (Fsp3) is 0.409. The molecule has 1 saturated heterocycles. The molecule has 2 aromatic rings. The van der Waals surface area contributed by atoms with Gasteiger partial charge in [-0.15, -0.1) is 0 Å². The molecule has 3 rings (SSSR count). The molecule has 0 bridgehead atoms. The lowest BCUT2D eigenvalue weighted by atomic mass is 10.0. The Morgan fingerprint density at radius 1 is 1.20 bits per heavy atom. The number of hydrogen-bond donors (Lipinski definition) is 0. The maximum atomic E-state index is 12.9. The molecule has 2 aromatic carbocycles. The van der Waals surface area contributed by atoms with E-state index in [0.29, 0.717) is 25.3 Å². The highest BCUT2D eigenvalue weighted by atomic mass is 19.4. The minimum Gasteiger partial charge on any atom is -0.496 e. The molecule has 0 spiro atoms. The van der Waals surface area contributed by atoms with Crippen LogP contribution in [0.5, 0.6) is 11.5 Å². The van der Waals surface area contributed by atoms with Crippen LogP contribution in [-0.2, 0) is 10.9 Å². The normalized spacial score (nSPS) is 17.0. The Hall–Kier alpha value is -2.74. The van der Waals surface area contributed by atoms with Crippen molar-refractivity contribution < 1.29 is 32.2 Å². The molecule has 5 nitrogen and oxygen atoms in total. The Morgan fingerprint density at radius 2 is 1.90 bits per heavy atom. The summed E-state index contributed by atoms with van der Waals surface area (Å²) in [4.78, 5) is 14.6. The van der Waals surface area contributed by atoms with Crippen LogP contribution < -0.4 is 9.47 Å². The summed E-state index contributed by atoms with van der Waals surface area (Å²) in [6.45, 7) is 4.87. The molecular weight excluding hydrogens is 399 g/mol. The van der Waals surface area contributed by atoms with E-state index < -0.39 is 17.8 Å². The Kier molecular flexibility index (Phi) is 6.55. The third-order valence-electron chi connectivity index (χ3n) is 4.93. The highest BCUT2D eigenvalue weighted by molar-refractivity contribution is 5.95. The first-order chi connectivity index (χ1) is 14.2. The van der Waals surface area contributed by atoms with Crippen LogP contribution >= 0.6 is 0 Å². The molecule has 1 unspecified atom stereocenters. The number of alkyl halides is 3. The molecule has 0 aliphatic carbocycles. The average molecular weight is 423 g/mol. The van der Waals surface area contributed by atoms with E-state index in [-0.39, 0.29) is 18.3 Å². The number of aryl methyl sites for hydroxylation is 2. The number of ether oxygens (including phenoxy) is 3. The van der Waals surface area contributed by atoms with Gasteiger partial charge in [-0.25, -0.2) is 0 Å². The van der Waals surface area contributed by atoms with Crippen molar-refractivity contribution in [3.8, 4) is 11.5 Å². The summed E-state index contributed by atoms with van der Waals surface area (Å²) >= 11 is 0. The van der Waals surface area contributed by atoms with E-state index >= 15 is 0 Å². The smallest absolute Gasteiger partial charge is 0.416 e. The number of nitrogens with zero attached hydrogens (tertiary/aromatic N) is 1. The number of hydrogen-bond acceptors (Lipinski definition) is 4. The van der Waals surface area contributed by atoms with Crippen LogP contribution in [0.1, 0.15) is 27.0 Å². The zero-order valence-corrected chi connectivity index (χ0v) is 17.1. The predicted molar refractivity (Wildman–Crippen MR) is 105 cm³/mol. The van der Waals surface area contributed by atoms with E-state index in [9.17, 15) is 18.0 Å². The van der Waals surface area contributed by atoms with Crippen LogP contribution in [0.4, 0.5) is 13.2 Å². The molecule has 162 valence electrons. The topological polar surface area (TPSA) is 48.0 Å². The van der Waals surface area contributed by atoms with Crippen LogP contribution in [0.2, 0.25) is 0 Å². The van der Waals surface area contributed by atoms with E-state index in [1.807, 2.05) is 13.8 Å². The van der Waals surface area contributed by atoms with Gasteiger partial charge in [0.1, 0.15) is 24.2 Å². The van der Waals surface area contributed by atoms with Crippen LogP contribution in [0, 0.1) is 13.8 Å². The number of halogens is 3. The van der Waals surface area contributed by atoms with E-state index in [1.165, 1.54) is 12.1 Å². The van der Waals surface area contributed by atoms with E-state index in [1.54, 1.807) is 24.1 Å². The Morgan fingerprint density at radius 3 is 2.53 bits per heavy atom. The highest BCUT2D eigenvalue weighted by Gasteiger charge is 2.31. The summed E-state index contributed by atoms with van der Waals surface area (Å²) in [6, 6.07) is 8.28. The zero-order chi connectivity index (χ0) is 21.9. The number of carbonyl (C=O) groups excluding carboxylic acids is 1. The summed E-state index contributed by atoms with van der Waals surface area (Å²) in [7, 11) is 1.59. The molecule has 0 N–H and O–H groups in total. The number of rotatable bonds is 5. The first-order valence-electron chi connectivity index (χ1n) is 9.55. The molecule has 30 heavy (non-hydrogen) atoms.